The van der Waals surface area contributed by atoms with Gasteiger partial charge in [-0.15, -0.1) is 0 Å². The summed E-state index contributed by atoms with van der Waals surface area (Å²) >= 11 is 0. The third-order valence-electron chi connectivity index (χ3n) is 3.65. The summed E-state index contributed by atoms with van der Waals surface area (Å²) in [5, 5.41) is 0. The lowest BCUT2D eigenvalue weighted by Crippen LogP contribution is -2.19. The van der Waals surface area contributed by atoms with Crippen molar-refractivity contribution in [3.63, 3.8) is 0 Å². The van der Waals surface area contributed by atoms with Crippen LogP contribution in [0.3, 0.4) is 0 Å². The Morgan fingerprint density at radius 3 is 2.29 bits per heavy atom. The molecule has 1 heteroatoms. The van der Waals surface area contributed by atoms with Crippen LogP contribution in [0.4, 0.5) is 0 Å². The topological polar surface area (TPSA) is 9.23 Å². The molecule has 0 heterocycles. The highest BCUT2D eigenvalue weighted by Crippen LogP contribution is 2.35. The molecule has 0 saturated heterocycles. The lowest BCUT2D eigenvalue weighted by atomic mass is 9.75. The van der Waals surface area contributed by atoms with Crippen molar-refractivity contribution in [2.24, 2.45) is 11.8 Å². The van der Waals surface area contributed by atoms with Crippen molar-refractivity contribution >= 4 is 0 Å². The van der Waals surface area contributed by atoms with Crippen molar-refractivity contribution in [3.8, 4) is 0 Å². The molecule has 1 nitrogen and oxygen atoms in total. The Morgan fingerprint density at radius 2 is 1.71 bits per heavy atom. The summed E-state index contributed by atoms with van der Waals surface area (Å²) < 4.78 is 5.13. The molecule has 0 spiro atoms. The largest absolute Gasteiger partial charge is 0.385 e. The second kappa shape index (κ2) is 7.28. The van der Waals surface area contributed by atoms with Crippen molar-refractivity contribution < 1.29 is 4.74 Å². The van der Waals surface area contributed by atoms with Crippen LogP contribution in [-0.4, -0.2) is 13.7 Å². The van der Waals surface area contributed by atoms with E-state index >= 15 is 0 Å². The van der Waals surface area contributed by atoms with E-state index in [0.717, 1.165) is 18.4 Å². The second-order valence-corrected chi connectivity index (χ2v) is 4.73. The molecule has 1 aliphatic carbocycles. The molecule has 0 amide bonds. The Kier molecular flexibility index (Phi) is 6.25. The summed E-state index contributed by atoms with van der Waals surface area (Å²) in [6, 6.07) is 0. The minimum atomic E-state index is 0.954. The van der Waals surface area contributed by atoms with E-state index in [9.17, 15) is 0 Å². The third kappa shape index (κ3) is 4.00. The molecule has 0 radical (unpaired) electrons. The Bertz CT molecular complexity index is 131. The first kappa shape index (κ1) is 12.0. The maximum Gasteiger partial charge on any atom is 0.0462 e. The van der Waals surface area contributed by atoms with Gasteiger partial charge in [-0.2, -0.15) is 0 Å². The van der Waals surface area contributed by atoms with Gasteiger partial charge in [0.05, 0.1) is 0 Å². The molecule has 1 aliphatic rings. The number of hydrogen-bond acceptors (Lipinski definition) is 1. The van der Waals surface area contributed by atoms with Gasteiger partial charge < -0.3 is 4.74 Å². The van der Waals surface area contributed by atoms with Crippen LogP contribution in [0.15, 0.2) is 0 Å². The van der Waals surface area contributed by atoms with Gasteiger partial charge in [0.25, 0.3) is 0 Å². The van der Waals surface area contributed by atoms with Crippen LogP contribution in [0.2, 0.25) is 0 Å². The maximum atomic E-state index is 5.13. The van der Waals surface area contributed by atoms with Crippen LogP contribution in [0.1, 0.15) is 58.3 Å². The average Bonchev–Trinajstić information content (AvgIpc) is 2.21. The lowest BCUT2D eigenvalue weighted by Gasteiger charge is -2.31. The Labute approximate surface area is 89.2 Å². The first-order valence-corrected chi connectivity index (χ1v) is 6.37. The fraction of sp³-hybridized carbons (Fsp3) is 1.00. The number of methoxy groups -OCH3 is 1. The molecule has 0 aromatic heterocycles. The SMILES string of the molecule is CCCC1CCCCC1CCCOC. The van der Waals surface area contributed by atoms with Gasteiger partial charge in [0, 0.05) is 13.7 Å². The lowest BCUT2D eigenvalue weighted by molar-refractivity contribution is 0.159. The summed E-state index contributed by atoms with van der Waals surface area (Å²) in [6.45, 7) is 3.27. The molecule has 84 valence electrons. The van der Waals surface area contributed by atoms with E-state index in [1.807, 2.05) is 7.11 Å². The van der Waals surface area contributed by atoms with Crippen molar-refractivity contribution in [2.45, 2.75) is 58.3 Å². The molecule has 0 bridgehead atoms. The molecule has 1 saturated carbocycles. The van der Waals surface area contributed by atoms with E-state index in [2.05, 4.69) is 6.92 Å². The van der Waals surface area contributed by atoms with E-state index in [1.165, 1.54) is 51.4 Å². The van der Waals surface area contributed by atoms with Crippen LogP contribution < -0.4 is 0 Å². The van der Waals surface area contributed by atoms with Gasteiger partial charge in [-0.25, -0.2) is 0 Å². The molecule has 0 aromatic rings. The van der Waals surface area contributed by atoms with Crippen LogP contribution >= 0.6 is 0 Å². The maximum absolute atomic E-state index is 5.13. The van der Waals surface area contributed by atoms with Crippen molar-refractivity contribution in [2.75, 3.05) is 13.7 Å². The minimum absolute atomic E-state index is 0.954. The van der Waals surface area contributed by atoms with Crippen LogP contribution in [0, 0.1) is 11.8 Å². The smallest absolute Gasteiger partial charge is 0.0462 e. The van der Waals surface area contributed by atoms with Crippen molar-refractivity contribution in [1.29, 1.82) is 0 Å². The zero-order chi connectivity index (χ0) is 10.2. The summed E-state index contributed by atoms with van der Waals surface area (Å²) in [5.74, 6) is 2.05. The van der Waals surface area contributed by atoms with Crippen molar-refractivity contribution in [3.05, 3.63) is 0 Å². The zero-order valence-corrected chi connectivity index (χ0v) is 9.93. The minimum Gasteiger partial charge on any atom is -0.385 e. The van der Waals surface area contributed by atoms with Gasteiger partial charge in [-0.1, -0.05) is 45.4 Å². The molecular formula is C13H26O. The highest BCUT2D eigenvalue weighted by Gasteiger charge is 2.23. The molecule has 1 fully saturated rings. The molecule has 0 N–H and O–H groups in total. The molecule has 2 unspecified atom stereocenters. The first-order valence-electron chi connectivity index (χ1n) is 6.37. The fourth-order valence-electron chi connectivity index (χ4n) is 2.91. The molecule has 14 heavy (non-hydrogen) atoms. The predicted molar refractivity (Wildman–Crippen MR) is 61.5 cm³/mol. The van der Waals surface area contributed by atoms with E-state index in [1.54, 1.807) is 0 Å². The summed E-state index contributed by atoms with van der Waals surface area (Å²) in [7, 11) is 1.81. The van der Waals surface area contributed by atoms with E-state index in [-0.39, 0.29) is 0 Å². The standard InChI is InChI=1S/C13H26O/c1-3-7-12-8-4-5-9-13(12)10-6-11-14-2/h12-13H,3-11H2,1-2H3. The highest BCUT2D eigenvalue weighted by molar-refractivity contribution is 4.75. The third-order valence-corrected chi connectivity index (χ3v) is 3.65. The quantitative estimate of drug-likeness (QED) is 0.586. The number of hydrogen-bond donors (Lipinski definition) is 0. The Balaban J connectivity index is 2.22. The van der Waals surface area contributed by atoms with Crippen molar-refractivity contribution in [1.82, 2.24) is 0 Å². The summed E-state index contributed by atoms with van der Waals surface area (Å²) in [6.07, 6.45) is 11.4. The van der Waals surface area contributed by atoms with E-state index < -0.39 is 0 Å². The van der Waals surface area contributed by atoms with Crippen LogP contribution in [0.25, 0.3) is 0 Å². The normalized spacial score (nSPS) is 27.9. The van der Waals surface area contributed by atoms with Gasteiger partial charge in [0.15, 0.2) is 0 Å². The second-order valence-electron chi connectivity index (χ2n) is 4.73. The van der Waals surface area contributed by atoms with E-state index in [4.69, 9.17) is 4.74 Å². The van der Waals surface area contributed by atoms with Gasteiger partial charge in [0.1, 0.15) is 0 Å². The summed E-state index contributed by atoms with van der Waals surface area (Å²) in [5.41, 5.74) is 0. The van der Waals surface area contributed by atoms with Gasteiger partial charge >= 0.3 is 0 Å². The first-order chi connectivity index (χ1) is 6.88. The van der Waals surface area contributed by atoms with Crippen LogP contribution in [0.5, 0.6) is 0 Å². The predicted octanol–water partition coefficient (Wildman–Crippen LogP) is 4.02. The molecule has 2 atom stereocenters. The average molecular weight is 198 g/mol. The Hall–Kier alpha value is -0.0400. The van der Waals surface area contributed by atoms with Gasteiger partial charge in [-0.3, -0.25) is 0 Å². The number of rotatable bonds is 6. The van der Waals surface area contributed by atoms with E-state index in [0.29, 0.717) is 0 Å². The zero-order valence-electron chi connectivity index (χ0n) is 9.93. The van der Waals surface area contributed by atoms with Gasteiger partial charge in [-0.05, 0) is 24.7 Å². The Morgan fingerprint density at radius 1 is 1.07 bits per heavy atom. The molecular weight excluding hydrogens is 172 g/mol. The highest BCUT2D eigenvalue weighted by atomic mass is 16.5. The summed E-state index contributed by atoms with van der Waals surface area (Å²) in [4.78, 5) is 0. The monoisotopic (exact) mass is 198 g/mol. The molecule has 0 aromatic carbocycles. The molecule has 0 aliphatic heterocycles. The van der Waals surface area contributed by atoms with Crippen LogP contribution in [-0.2, 0) is 4.74 Å². The fourth-order valence-corrected chi connectivity index (χ4v) is 2.91. The van der Waals surface area contributed by atoms with Gasteiger partial charge in [0.2, 0.25) is 0 Å². The molecule has 1 rings (SSSR count). The number of ether oxygens (including phenoxy) is 1.